The van der Waals surface area contributed by atoms with E-state index in [1.807, 2.05) is 0 Å². The molecule has 2 atom stereocenters. The summed E-state index contributed by atoms with van der Waals surface area (Å²) in [6.45, 7) is 7.41. The Hall–Kier alpha value is -0.570. The molecule has 1 amide bonds. The zero-order valence-electron chi connectivity index (χ0n) is 12.6. The van der Waals surface area contributed by atoms with Crippen LogP contribution in [0.4, 0.5) is 0 Å². The quantitative estimate of drug-likeness (QED) is 0.803. The standard InChI is InChI=1S/C16H30N2O/c1-3-6-16(7-9-17-10-8-16)15(19)18-12-14-5-4-13(2)11-14/h13-14,17H,3-12H2,1-2H3,(H,18,19). The van der Waals surface area contributed by atoms with Gasteiger partial charge in [0.05, 0.1) is 5.41 Å². The number of rotatable bonds is 5. The molecule has 2 unspecified atom stereocenters. The van der Waals surface area contributed by atoms with Gasteiger partial charge in [0.2, 0.25) is 5.91 Å². The average molecular weight is 266 g/mol. The highest BCUT2D eigenvalue weighted by atomic mass is 16.2. The molecule has 2 N–H and O–H groups in total. The number of piperidine rings is 1. The molecule has 2 aliphatic rings. The normalized spacial score (nSPS) is 30.2. The predicted molar refractivity (Wildman–Crippen MR) is 79.0 cm³/mol. The Kier molecular flexibility index (Phi) is 5.26. The van der Waals surface area contributed by atoms with Crippen LogP contribution in [-0.4, -0.2) is 25.5 Å². The second-order valence-electron chi connectivity index (χ2n) is 6.77. The maximum Gasteiger partial charge on any atom is 0.226 e. The molecule has 0 aromatic heterocycles. The van der Waals surface area contributed by atoms with Crippen LogP contribution >= 0.6 is 0 Å². The van der Waals surface area contributed by atoms with E-state index >= 15 is 0 Å². The SMILES string of the molecule is CCCC1(C(=O)NCC2CCC(C)C2)CCNCC1. The molecular formula is C16H30N2O. The van der Waals surface area contributed by atoms with Gasteiger partial charge in [0.25, 0.3) is 0 Å². The summed E-state index contributed by atoms with van der Waals surface area (Å²) in [7, 11) is 0. The van der Waals surface area contributed by atoms with E-state index in [2.05, 4.69) is 24.5 Å². The van der Waals surface area contributed by atoms with E-state index in [1.165, 1.54) is 19.3 Å². The van der Waals surface area contributed by atoms with Gasteiger partial charge in [-0.3, -0.25) is 4.79 Å². The summed E-state index contributed by atoms with van der Waals surface area (Å²) < 4.78 is 0. The van der Waals surface area contributed by atoms with Crippen molar-refractivity contribution in [1.29, 1.82) is 0 Å². The number of carbonyl (C=O) groups is 1. The Morgan fingerprint density at radius 1 is 1.32 bits per heavy atom. The van der Waals surface area contributed by atoms with Gasteiger partial charge in [-0.05, 0) is 57.0 Å². The van der Waals surface area contributed by atoms with E-state index in [0.717, 1.165) is 57.2 Å². The minimum atomic E-state index is -0.0791. The van der Waals surface area contributed by atoms with Gasteiger partial charge >= 0.3 is 0 Å². The van der Waals surface area contributed by atoms with E-state index in [1.54, 1.807) is 0 Å². The van der Waals surface area contributed by atoms with Crippen molar-refractivity contribution in [1.82, 2.24) is 10.6 Å². The summed E-state index contributed by atoms with van der Waals surface area (Å²) in [6, 6.07) is 0. The lowest BCUT2D eigenvalue weighted by atomic mass is 9.74. The van der Waals surface area contributed by atoms with Gasteiger partial charge in [0.15, 0.2) is 0 Å². The Balaban J connectivity index is 1.85. The molecule has 3 nitrogen and oxygen atoms in total. The summed E-state index contributed by atoms with van der Waals surface area (Å²) in [5.41, 5.74) is -0.0791. The van der Waals surface area contributed by atoms with Crippen molar-refractivity contribution in [3.8, 4) is 0 Å². The van der Waals surface area contributed by atoms with Gasteiger partial charge in [-0.1, -0.05) is 26.7 Å². The number of nitrogens with one attached hydrogen (secondary N) is 2. The van der Waals surface area contributed by atoms with Gasteiger partial charge in [0, 0.05) is 6.54 Å². The predicted octanol–water partition coefficient (Wildman–Crippen LogP) is 2.71. The lowest BCUT2D eigenvalue weighted by Gasteiger charge is -2.36. The smallest absolute Gasteiger partial charge is 0.226 e. The molecule has 0 aromatic carbocycles. The van der Waals surface area contributed by atoms with E-state index in [4.69, 9.17) is 0 Å². The fourth-order valence-corrected chi connectivity index (χ4v) is 3.91. The van der Waals surface area contributed by atoms with E-state index in [-0.39, 0.29) is 5.41 Å². The van der Waals surface area contributed by atoms with E-state index in [0.29, 0.717) is 5.91 Å². The molecule has 1 saturated heterocycles. The van der Waals surface area contributed by atoms with Crippen molar-refractivity contribution in [2.75, 3.05) is 19.6 Å². The number of hydrogen-bond acceptors (Lipinski definition) is 2. The summed E-state index contributed by atoms with van der Waals surface area (Å²) in [4.78, 5) is 12.6. The zero-order chi connectivity index (χ0) is 13.7. The van der Waals surface area contributed by atoms with Crippen LogP contribution in [0.5, 0.6) is 0 Å². The highest BCUT2D eigenvalue weighted by Gasteiger charge is 2.38. The fourth-order valence-electron chi connectivity index (χ4n) is 3.91. The molecule has 0 bridgehead atoms. The van der Waals surface area contributed by atoms with Crippen LogP contribution in [0.1, 0.15) is 58.8 Å². The maximum absolute atomic E-state index is 12.6. The molecule has 2 fully saturated rings. The molecule has 1 heterocycles. The summed E-state index contributed by atoms with van der Waals surface area (Å²) >= 11 is 0. The van der Waals surface area contributed by atoms with Crippen molar-refractivity contribution in [2.24, 2.45) is 17.3 Å². The van der Waals surface area contributed by atoms with Gasteiger partial charge in [-0.15, -0.1) is 0 Å². The summed E-state index contributed by atoms with van der Waals surface area (Å²) in [5, 5.41) is 6.65. The van der Waals surface area contributed by atoms with Crippen LogP contribution in [0, 0.1) is 17.3 Å². The van der Waals surface area contributed by atoms with Crippen LogP contribution in [-0.2, 0) is 4.79 Å². The molecule has 0 aromatic rings. The van der Waals surface area contributed by atoms with Crippen molar-refractivity contribution in [2.45, 2.75) is 58.8 Å². The highest BCUT2D eigenvalue weighted by Crippen LogP contribution is 2.35. The molecule has 2 rings (SSSR count). The van der Waals surface area contributed by atoms with Gasteiger partial charge in [0.1, 0.15) is 0 Å². The van der Waals surface area contributed by atoms with E-state index in [9.17, 15) is 4.79 Å². The highest BCUT2D eigenvalue weighted by molar-refractivity contribution is 5.82. The summed E-state index contributed by atoms with van der Waals surface area (Å²) in [5.74, 6) is 1.90. The fraction of sp³-hybridized carbons (Fsp3) is 0.938. The minimum absolute atomic E-state index is 0.0791. The van der Waals surface area contributed by atoms with Crippen LogP contribution in [0.2, 0.25) is 0 Å². The van der Waals surface area contributed by atoms with Crippen LogP contribution < -0.4 is 10.6 Å². The first-order chi connectivity index (χ1) is 9.16. The lowest BCUT2D eigenvalue weighted by molar-refractivity contribution is -0.133. The third kappa shape index (κ3) is 3.71. The maximum atomic E-state index is 12.6. The van der Waals surface area contributed by atoms with Crippen molar-refractivity contribution in [3.63, 3.8) is 0 Å². The Morgan fingerprint density at radius 3 is 2.63 bits per heavy atom. The lowest BCUT2D eigenvalue weighted by Crippen LogP contribution is -2.48. The van der Waals surface area contributed by atoms with Gasteiger partial charge in [-0.25, -0.2) is 0 Å². The Morgan fingerprint density at radius 2 is 2.05 bits per heavy atom. The zero-order valence-corrected chi connectivity index (χ0v) is 12.6. The molecule has 0 spiro atoms. The van der Waals surface area contributed by atoms with E-state index < -0.39 is 0 Å². The summed E-state index contributed by atoms with van der Waals surface area (Å²) in [6.07, 6.45) is 8.09. The third-order valence-corrected chi connectivity index (χ3v) is 5.13. The molecule has 1 aliphatic carbocycles. The Labute approximate surface area is 117 Å². The first-order valence-electron chi connectivity index (χ1n) is 8.15. The van der Waals surface area contributed by atoms with Crippen LogP contribution in [0.3, 0.4) is 0 Å². The van der Waals surface area contributed by atoms with Crippen molar-refractivity contribution in [3.05, 3.63) is 0 Å². The largest absolute Gasteiger partial charge is 0.355 e. The first kappa shape index (κ1) is 14.8. The van der Waals surface area contributed by atoms with Crippen LogP contribution in [0.25, 0.3) is 0 Å². The second-order valence-corrected chi connectivity index (χ2v) is 6.77. The number of hydrogen-bond donors (Lipinski definition) is 2. The molecule has 19 heavy (non-hydrogen) atoms. The molecule has 3 heteroatoms. The number of carbonyl (C=O) groups excluding carboxylic acids is 1. The first-order valence-corrected chi connectivity index (χ1v) is 8.15. The second kappa shape index (κ2) is 6.74. The molecule has 110 valence electrons. The Bertz CT molecular complexity index is 292. The van der Waals surface area contributed by atoms with Crippen molar-refractivity contribution < 1.29 is 4.79 Å². The molecule has 1 saturated carbocycles. The topological polar surface area (TPSA) is 41.1 Å². The molecular weight excluding hydrogens is 236 g/mol. The van der Waals surface area contributed by atoms with Crippen molar-refractivity contribution >= 4 is 5.91 Å². The monoisotopic (exact) mass is 266 g/mol. The average Bonchev–Trinajstić information content (AvgIpc) is 2.83. The number of amides is 1. The van der Waals surface area contributed by atoms with Gasteiger partial charge < -0.3 is 10.6 Å². The third-order valence-electron chi connectivity index (χ3n) is 5.13. The van der Waals surface area contributed by atoms with Gasteiger partial charge in [-0.2, -0.15) is 0 Å². The minimum Gasteiger partial charge on any atom is -0.355 e. The van der Waals surface area contributed by atoms with Crippen LogP contribution in [0.15, 0.2) is 0 Å². The molecule has 1 aliphatic heterocycles. The molecule has 0 radical (unpaired) electrons.